The fourth-order valence-electron chi connectivity index (χ4n) is 2.96. The number of ether oxygens (including phenoxy) is 5. The first-order valence-electron chi connectivity index (χ1n) is 6.74. The first-order chi connectivity index (χ1) is 8.77. The zero-order chi connectivity index (χ0) is 13.8. The molecule has 5 atom stereocenters. The lowest BCUT2D eigenvalue weighted by Gasteiger charge is -2.37. The van der Waals surface area contributed by atoms with Gasteiger partial charge in [0.2, 0.25) is 0 Å². The zero-order valence-electron chi connectivity index (χ0n) is 11.8. The van der Waals surface area contributed by atoms with Crippen molar-refractivity contribution < 1.29 is 28.8 Å². The maximum atomic E-state index is 9.97. The molecule has 3 rings (SSSR count). The molecule has 0 spiro atoms. The highest BCUT2D eigenvalue weighted by Gasteiger charge is 2.55. The summed E-state index contributed by atoms with van der Waals surface area (Å²) in [4.78, 5) is 0. The van der Waals surface area contributed by atoms with Gasteiger partial charge in [0.15, 0.2) is 11.6 Å². The third-order valence-electron chi connectivity index (χ3n) is 3.72. The van der Waals surface area contributed by atoms with E-state index in [1.807, 2.05) is 27.7 Å². The van der Waals surface area contributed by atoms with Gasteiger partial charge in [-0.2, -0.15) is 0 Å². The number of rotatable bonds is 1. The SMILES string of the molecule is CC1(C)OCC([C@H]2OC[C@@H](O)C3OC(C)(C)OC32)O1. The summed E-state index contributed by atoms with van der Waals surface area (Å²) in [6, 6.07) is 0. The van der Waals surface area contributed by atoms with Crippen LogP contribution >= 0.6 is 0 Å². The zero-order valence-corrected chi connectivity index (χ0v) is 11.8. The van der Waals surface area contributed by atoms with Gasteiger partial charge in [0.1, 0.15) is 30.5 Å². The van der Waals surface area contributed by atoms with Gasteiger partial charge in [0.05, 0.1) is 13.2 Å². The molecule has 6 heteroatoms. The predicted octanol–water partition coefficient (Wildman–Crippen LogP) is 0.418. The van der Waals surface area contributed by atoms with Crippen molar-refractivity contribution in [3.63, 3.8) is 0 Å². The third-order valence-corrected chi connectivity index (χ3v) is 3.72. The first-order valence-corrected chi connectivity index (χ1v) is 6.74. The molecule has 0 saturated carbocycles. The molecule has 3 unspecified atom stereocenters. The Hall–Kier alpha value is -0.240. The number of aliphatic hydroxyl groups excluding tert-OH is 1. The van der Waals surface area contributed by atoms with Crippen LogP contribution in [0.2, 0.25) is 0 Å². The van der Waals surface area contributed by atoms with Crippen LogP contribution in [0.25, 0.3) is 0 Å². The normalized spacial score (nSPS) is 48.2. The van der Waals surface area contributed by atoms with Crippen LogP contribution in [-0.4, -0.2) is 60.4 Å². The van der Waals surface area contributed by atoms with Gasteiger partial charge in [-0.1, -0.05) is 0 Å². The van der Waals surface area contributed by atoms with Crippen molar-refractivity contribution >= 4 is 0 Å². The van der Waals surface area contributed by atoms with E-state index in [1.54, 1.807) is 0 Å². The van der Waals surface area contributed by atoms with Crippen LogP contribution in [0.15, 0.2) is 0 Å². The summed E-state index contributed by atoms with van der Waals surface area (Å²) in [5.41, 5.74) is 0. The summed E-state index contributed by atoms with van der Waals surface area (Å²) in [5, 5.41) is 9.97. The van der Waals surface area contributed by atoms with Gasteiger partial charge in [0.25, 0.3) is 0 Å². The summed E-state index contributed by atoms with van der Waals surface area (Å²) in [6.07, 6.45) is -1.86. The van der Waals surface area contributed by atoms with E-state index in [0.717, 1.165) is 0 Å². The van der Waals surface area contributed by atoms with Crippen molar-refractivity contribution in [1.82, 2.24) is 0 Å². The Morgan fingerprint density at radius 2 is 1.53 bits per heavy atom. The molecular formula is C13H22O6. The van der Waals surface area contributed by atoms with E-state index in [2.05, 4.69) is 0 Å². The molecule has 0 radical (unpaired) electrons. The van der Waals surface area contributed by atoms with Crippen molar-refractivity contribution in [2.24, 2.45) is 0 Å². The van der Waals surface area contributed by atoms with Gasteiger partial charge >= 0.3 is 0 Å². The van der Waals surface area contributed by atoms with Crippen LogP contribution in [-0.2, 0) is 23.7 Å². The fourth-order valence-corrected chi connectivity index (χ4v) is 2.96. The van der Waals surface area contributed by atoms with Gasteiger partial charge in [-0.15, -0.1) is 0 Å². The Morgan fingerprint density at radius 1 is 0.842 bits per heavy atom. The van der Waals surface area contributed by atoms with E-state index in [-0.39, 0.29) is 31.0 Å². The summed E-state index contributed by atoms with van der Waals surface area (Å²) in [7, 11) is 0. The van der Waals surface area contributed by atoms with E-state index in [9.17, 15) is 5.11 Å². The predicted molar refractivity (Wildman–Crippen MR) is 64.5 cm³/mol. The summed E-state index contributed by atoms with van der Waals surface area (Å²) in [6.45, 7) is 8.11. The molecule has 6 nitrogen and oxygen atoms in total. The van der Waals surface area contributed by atoms with Crippen LogP contribution in [0, 0.1) is 0 Å². The minimum atomic E-state index is -0.711. The monoisotopic (exact) mass is 274 g/mol. The van der Waals surface area contributed by atoms with Crippen LogP contribution in [0.4, 0.5) is 0 Å². The molecule has 0 aromatic rings. The second-order valence-electron chi connectivity index (χ2n) is 6.30. The Balaban J connectivity index is 1.76. The van der Waals surface area contributed by atoms with Crippen molar-refractivity contribution in [3.05, 3.63) is 0 Å². The quantitative estimate of drug-likeness (QED) is 0.747. The maximum absolute atomic E-state index is 9.97. The van der Waals surface area contributed by atoms with Crippen molar-refractivity contribution in [3.8, 4) is 0 Å². The van der Waals surface area contributed by atoms with Gasteiger partial charge in [-0.05, 0) is 27.7 Å². The van der Waals surface area contributed by atoms with Crippen LogP contribution in [0.1, 0.15) is 27.7 Å². The van der Waals surface area contributed by atoms with Crippen LogP contribution < -0.4 is 0 Å². The Labute approximate surface area is 112 Å². The Bertz CT molecular complexity index is 355. The van der Waals surface area contributed by atoms with Crippen molar-refractivity contribution in [2.45, 2.75) is 69.8 Å². The van der Waals surface area contributed by atoms with Crippen molar-refractivity contribution in [2.75, 3.05) is 13.2 Å². The van der Waals surface area contributed by atoms with Gasteiger partial charge in [0, 0.05) is 0 Å². The fraction of sp³-hybridized carbons (Fsp3) is 1.00. The molecule has 3 aliphatic rings. The molecular weight excluding hydrogens is 252 g/mol. The minimum Gasteiger partial charge on any atom is -0.388 e. The largest absolute Gasteiger partial charge is 0.388 e. The smallest absolute Gasteiger partial charge is 0.164 e. The molecule has 3 aliphatic heterocycles. The van der Waals surface area contributed by atoms with E-state index >= 15 is 0 Å². The lowest BCUT2D eigenvalue weighted by molar-refractivity contribution is -0.201. The minimum absolute atomic E-state index is 0.201. The third kappa shape index (κ3) is 2.53. The standard InChI is InChI=1S/C13H22O6/c1-12(2)16-6-8(17-12)10-11-9(7(14)5-15-10)18-13(3,4)19-11/h7-11,14H,5-6H2,1-4H3/t7-,8?,9?,10-,11?/m1/s1. The lowest BCUT2D eigenvalue weighted by Crippen LogP contribution is -2.56. The van der Waals surface area contributed by atoms with E-state index in [4.69, 9.17) is 23.7 Å². The second-order valence-corrected chi connectivity index (χ2v) is 6.30. The van der Waals surface area contributed by atoms with E-state index in [1.165, 1.54) is 0 Å². The summed E-state index contributed by atoms with van der Waals surface area (Å²) >= 11 is 0. The highest BCUT2D eigenvalue weighted by atomic mass is 16.8. The average molecular weight is 274 g/mol. The molecule has 1 N–H and O–H groups in total. The molecule has 0 amide bonds. The van der Waals surface area contributed by atoms with Crippen LogP contribution in [0.5, 0.6) is 0 Å². The molecule has 0 aromatic carbocycles. The molecule has 0 aliphatic carbocycles. The molecule has 0 aromatic heterocycles. The number of hydrogen-bond acceptors (Lipinski definition) is 6. The van der Waals surface area contributed by atoms with Gasteiger partial charge < -0.3 is 28.8 Å². The van der Waals surface area contributed by atoms with Crippen molar-refractivity contribution in [1.29, 1.82) is 0 Å². The van der Waals surface area contributed by atoms with E-state index in [0.29, 0.717) is 6.61 Å². The topological polar surface area (TPSA) is 66.4 Å². The molecule has 0 bridgehead atoms. The molecule has 3 saturated heterocycles. The highest BCUT2D eigenvalue weighted by Crippen LogP contribution is 2.38. The van der Waals surface area contributed by atoms with Crippen LogP contribution in [0.3, 0.4) is 0 Å². The summed E-state index contributed by atoms with van der Waals surface area (Å²) in [5.74, 6) is -1.31. The number of hydrogen-bond donors (Lipinski definition) is 1. The first kappa shape index (κ1) is 13.7. The lowest BCUT2D eigenvalue weighted by atomic mass is 9.96. The Morgan fingerprint density at radius 3 is 2.16 bits per heavy atom. The van der Waals surface area contributed by atoms with E-state index < -0.39 is 17.7 Å². The molecule has 3 heterocycles. The summed E-state index contributed by atoms with van der Waals surface area (Å²) < 4.78 is 28.8. The number of fused-ring (bicyclic) bond motifs is 1. The van der Waals surface area contributed by atoms with Gasteiger partial charge in [-0.3, -0.25) is 0 Å². The molecule has 110 valence electrons. The average Bonchev–Trinajstić information content (AvgIpc) is 2.79. The number of aliphatic hydroxyl groups is 1. The Kier molecular flexibility index (Phi) is 3.16. The highest BCUT2D eigenvalue weighted by molar-refractivity contribution is 4.98. The van der Waals surface area contributed by atoms with Gasteiger partial charge in [-0.25, -0.2) is 0 Å². The molecule has 3 fully saturated rings. The maximum Gasteiger partial charge on any atom is 0.164 e. The second kappa shape index (κ2) is 4.38. The molecule has 19 heavy (non-hydrogen) atoms.